The van der Waals surface area contributed by atoms with E-state index in [2.05, 4.69) is 0 Å². The zero-order valence-electron chi connectivity index (χ0n) is 6.12. The number of furan rings is 1. The van der Waals surface area contributed by atoms with Gasteiger partial charge in [0.2, 0.25) is 0 Å². The van der Waals surface area contributed by atoms with E-state index in [9.17, 15) is 4.79 Å². The summed E-state index contributed by atoms with van der Waals surface area (Å²) in [6, 6.07) is 1.85. The second-order valence-corrected chi connectivity index (χ2v) is 2.38. The molecule has 0 amide bonds. The van der Waals surface area contributed by atoms with Crippen molar-refractivity contribution in [3.05, 3.63) is 24.2 Å². The van der Waals surface area contributed by atoms with E-state index in [0.717, 1.165) is 12.0 Å². The van der Waals surface area contributed by atoms with Gasteiger partial charge in [0.1, 0.15) is 0 Å². The van der Waals surface area contributed by atoms with Gasteiger partial charge in [-0.1, -0.05) is 0 Å². The van der Waals surface area contributed by atoms with Crippen LogP contribution >= 0.6 is 0 Å². The molecule has 0 radical (unpaired) electrons. The molecule has 0 saturated carbocycles. The SMILES string of the molecule is O=C(O)CCCc1ccoc1. The van der Waals surface area contributed by atoms with Gasteiger partial charge in [-0.25, -0.2) is 0 Å². The van der Waals surface area contributed by atoms with Crippen molar-refractivity contribution in [2.24, 2.45) is 0 Å². The van der Waals surface area contributed by atoms with Gasteiger partial charge >= 0.3 is 5.97 Å². The molecule has 0 aliphatic carbocycles. The molecule has 0 aromatic carbocycles. The predicted molar refractivity (Wildman–Crippen MR) is 39.3 cm³/mol. The van der Waals surface area contributed by atoms with Gasteiger partial charge in [-0.05, 0) is 24.5 Å². The molecule has 0 saturated heterocycles. The van der Waals surface area contributed by atoms with Crippen LogP contribution in [0.3, 0.4) is 0 Å². The van der Waals surface area contributed by atoms with E-state index in [1.807, 2.05) is 6.07 Å². The second kappa shape index (κ2) is 3.81. The van der Waals surface area contributed by atoms with Crippen LogP contribution in [0.1, 0.15) is 18.4 Å². The number of aliphatic carboxylic acids is 1. The molecule has 0 spiro atoms. The molecule has 60 valence electrons. The summed E-state index contributed by atoms with van der Waals surface area (Å²) in [6.07, 6.45) is 4.92. The van der Waals surface area contributed by atoms with Gasteiger partial charge in [0.15, 0.2) is 0 Å². The van der Waals surface area contributed by atoms with Gasteiger partial charge in [-0.15, -0.1) is 0 Å². The number of hydrogen-bond acceptors (Lipinski definition) is 2. The maximum atomic E-state index is 10.1. The fraction of sp³-hybridized carbons (Fsp3) is 0.375. The number of carboxylic acid groups (broad SMARTS) is 1. The highest BCUT2D eigenvalue weighted by Crippen LogP contribution is 2.04. The minimum Gasteiger partial charge on any atom is -0.481 e. The number of aryl methyl sites for hydroxylation is 1. The monoisotopic (exact) mass is 154 g/mol. The van der Waals surface area contributed by atoms with E-state index in [1.54, 1.807) is 12.5 Å². The Bertz CT molecular complexity index is 213. The van der Waals surface area contributed by atoms with Crippen molar-refractivity contribution in [3.63, 3.8) is 0 Å². The Hall–Kier alpha value is -1.25. The topological polar surface area (TPSA) is 50.4 Å². The highest BCUT2D eigenvalue weighted by atomic mass is 16.4. The third-order valence-corrected chi connectivity index (χ3v) is 1.44. The molecular formula is C8H10O3. The Balaban J connectivity index is 2.19. The van der Waals surface area contributed by atoms with Crippen molar-refractivity contribution in [3.8, 4) is 0 Å². The van der Waals surface area contributed by atoms with Gasteiger partial charge in [0, 0.05) is 6.42 Å². The van der Waals surface area contributed by atoms with Gasteiger partial charge in [0.25, 0.3) is 0 Å². The largest absolute Gasteiger partial charge is 0.481 e. The van der Waals surface area contributed by atoms with Crippen molar-refractivity contribution in [1.82, 2.24) is 0 Å². The molecule has 0 fully saturated rings. The first kappa shape index (κ1) is 7.85. The van der Waals surface area contributed by atoms with Crippen molar-refractivity contribution in [2.75, 3.05) is 0 Å². The summed E-state index contributed by atoms with van der Waals surface area (Å²) in [6.45, 7) is 0. The van der Waals surface area contributed by atoms with Crippen molar-refractivity contribution < 1.29 is 14.3 Å². The van der Waals surface area contributed by atoms with Crippen molar-refractivity contribution in [2.45, 2.75) is 19.3 Å². The van der Waals surface area contributed by atoms with E-state index in [0.29, 0.717) is 6.42 Å². The van der Waals surface area contributed by atoms with Crippen LogP contribution in [0.4, 0.5) is 0 Å². The quantitative estimate of drug-likeness (QED) is 0.717. The van der Waals surface area contributed by atoms with Crippen LogP contribution in [-0.2, 0) is 11.2 Å². The third-order valence-electron chi connectivity index (χ3n) is 1.44. The molecular weight excluding hydrogens is 144 g/mol. The van der Waals surface area contributed by atoms with E-state index in [1.165, 1.54) is 0 Å². The number of carbonyl (C=O) groups is 1. The predicted octanol–water partition coefficient (Wildman–Crippen LogP) is 1.69. The zero-order valence-corrected chi connectivity index (χ0v) is 6.12. The first-order chi connectivity index (χ1) is 5.29. The summed E-state index contributed by atoms with van der Waals surface area (Å²) < 4.78 is 4.82. The lowest BCUT2D eigenvalue weighted by Gasteiger charge is -1.92. The fourth-order valence-corrected chi connectivity index (χ4v) is 0.879. The molecule has 0 unspecified atom stereocenters. The Morgan fingerprint density at radius 3 is 3.00 bits per heavy atom. The summed E-state index contributed by atoms with van der Waals surface area (Å²) in [4.78, 5) is 10.1. The molecule has 0 atom stereocenters. The average molecular weight is 154 g/mol. The fourth-order valence-electron chi connectivity index (χ4n) is 0.879. The molecule has 3 nitrogen and oxygen atoms in total. The standard InChI is InChI=1S/C8H10O3/c9-8(10)3-1-2-7-4-5-11-6-7/h4-6H,1-3H2,(H,9,10). The zero-order chi connectivity index (χ0) is 8.10. The highest BCUT2D eigenvalue weighted by Gasteiger charge is 1.98. The van der Waals surface area contributed by atoms with Gasteiger partial charge in [-0.3, -0.25) is 4.79 Å². The van der Waals surface area contributed by atoms with E-state index in [-0.39, 0.29) is 6.42 Å². The number of rotatable bonds is 4. The second-order valence-electron chi connectivity index (χ2n) is 2.38. The van der Waals surface area contributed by atoms with Crippen LogP contribution in [0.25, 0.3) is 0 Å². The van der Waals surface area contributed by atoms with Gasteiger partial charge in [-0.2, -0.15) is 0 Å². The Labute approximate surface area is 64.6 Å². The maximum absolute atomic E-state index is 10.1. The molecule has 1 rings (SSSR count). The summed E-state index contributed by atoms with van der Waals surface area (Å²) in [7, 11) is 0. The molecule has 1 aromatic rings. The summed E-state index contributed by atoms with van der Waals surface area (Å²) in [5, 5.41) is 8.32. The van der Waals surface area contributed by atoms with Crippen LogP contribution in [0.15, 0.2) is 23.0 Å². The van der Waals surface area contributed by atoms with Crippen LogP contribution in [0.2, 0.25) is 0 Å². The van der Waals surface area contributed by atoms with Crippen LogP contribution < -0.4 is 0 Å². The molecule has 3 heteroatoms. The molecule has 1 heterocycles. The molecule has 1 aromatic heterocycles. The summed E-state index contributed by atoms with van der Waals surface area (Å²) in [5.41, 5.74) is 1.06. The van der Waals surface area contributed by atoms with Crippen LogP contribution in [0.5, 0.6) is 0 Å². The Kier molecular flexibility index (Phi) is 2.72. The minimum absolute atomic E-state index is 0.227. The molecule has 0 aliphatic rings. The van der Waals surface area contributed by atoms with E-state index < -0.39 is 5.97 Å². The van der Waals surface area contributed by atoms with Crippen molar-refractivity contribution in [1.29, 1.82) is 0 Å². The highest BCUT2D eigenvalue weighted by molar-refractivity contribution is 5.66. The van der Waals surface area contributed by atoms with Crippen molar-refractivity contribution >= 4 is 5.97 Å². The van der Waals surface area contributed by atoms with E-state index in [4.69, 9.17) is 9.52 Å². The first-order valence-electron chi connectivity index (χ1n) is 3.52. The molecule has 0 bridgehead atoms. The lowest BCUT2D eigenvalue weighted by Crippen LogP contribution is -1.94. The Morgan fingerprint density at radius 2 is 2.45 bits per heavy atom. The maximum Gasteiger partial charge on any atom is 0.303 e. The third kappa shape index (κ3) is 2.89. The molecule has 1 N–H and O–H groups in total. The first-order valence-corrected chi connectivity index (χ1v) is 3.52. The van der Waals surface area contributed by atoms with Gasteiger partial charge < -0.3 is 9.52 Å². The normalized spacial score (nSPS) is 9.82. The smallest absolute Gasteiger partial charge is 0.303 e. The van der Waals surface area contributed by atoms with Gasteiger partial charge in [0.05, 0.1) is 12.5 Å². The van der Waals surface area contributed by atoms with Crippen LogP contribution in [-0.4, -0.2) is 11.1 Å². The summed E-state index contributed by atoms with van der Waals surface area (Å²) in [5.74, 6) is -0.742. The number of carboxylic acids is 1. The number of hydrogen-bond donors (Lipinski definition) is 1. The Morgan fingerprint density at radius 1 is 1.64 bits per heavy atom. The molecule has 11 heavy (non-hydrogen) atoms. The summed E-state index contributed by atoms with van der Waals surface area (Å²) >= 11 is 0. The lowest BCUT2D eigenvalue weighted by atomic mass is 10.1. The van der Waals surface area contributed by atoms with E-state index >= 15 is 0 Å². The molecule has 0 aliphatic heterocycles. The van der Waals surface area contributed by atoms with Crippen LogP contribution in [0, 0.1) is 0 Å². The lowest BCUT2D eigenvalue weighted by molar-refractivity contribution is -0.137. The average Bonchev–Trinajstić information content (AvgIpc) is 2.39. The minimum atomic E-state index is -0.742.